The minimum absolute atomic E-state index is 0.200. The van der Waals surface area contributed by atoms with E-state index in [-0.39, 0.29) is 12.0 Å². The molecule has 9 nitrogen and oxygen atoms in total. The van der Waals surface area contributed by atoms with Crippen molar-refractivity contribution in [1.82, 2.24) is 10.6 Å². The largest absolute Gasteiger partial charge is 0.368 e. The number of rotatable bonds is 10. The number of guanidine groups is 1. The van der Waals surface area contributed by atoms with Gasteiger partial charge in [0.15, 0.2) is 5.03 Å². The van der Waals surface area contributed by atoms with Crippen molar-refractivity contribution in [2.24, 2.45) is 16.6 Å². The molecule has 0 fully saturated rings. The molecule has 0 saturated heterocycles. The number of carbonyl (C=O) groups is 1. The van der Waals surface area contributed by atoms with Crippen LogP contribution in [0.4, 0.5) is 0 Å². The fraction of sp³-hybridized carbons (Fsp3) is 0.263. The number of hydrogen-bond donors (Lipinski definition) is 4. The van der Waals surface area contributed by atoms with Crippen LogP contribution in [0, 0.1) is 10.1 Å². The molecular formula is C19H24N6O3. The first-order valence-corrected chi connectivity index (χ1v) is 8.85. The smallest absolute Gasteiger partial charge is 0.266 e. The third-order valence-corrected chi connectivity index (χ3v) is 4.14. The van der Waals surface area contributed by atoms with Crippen LogP contribution in [-0.4, -0.2) is 29.5 Å². The number of nitro groups is 1. The molecular weight excluding hydrogens is 360 g/mol. The molecule has 0 heterocycles. The Bertz CT molecular complexity index is 758. The van der Waals surface area contributed by atoms with Crippen LogP contribution in [0.15, 0.2) is 65.8 Å². The van der Waals surface area contributed by atoms with E-state index in [4.69, 9.17) is 11.5 Å². The number of nitrogens with zero attached hydrogens (tertiary/aromatic N) is 2. The van der Waals surface area contributed by atoms with Gasteiger partial charge in [-0.05, 0) is 24.0 Å². The molecule has 0 spiro atoms. The molecule has 1 amide bonds. The molecule has 0 aliphatic carbocycles. The number of amides is 1. The third kappa shape index (κ3) is 6.69. The number of nitrogens with two attached hydrogens (primary N) is 2. The first-order chi connectivity index (χ1) is 13.5. The van der Waals surface area contributed by atoms with Gasteiger partial charge in [0.1, 0.15) is 5.10 Å². The van der Waals surface area contributed by atoms with Crippen LogP contribution in [0.1, 0.15) is 30.0 Å². The molecule has 0 aliphatic rings. The highest BCUT2D eigenvalue weighted by Crippen LogP contribution is 2.23. The fourth-order valence-electron chi connectivity index (χ4n) is 2.83. The highest BCUT2D eigenvalue weighted by atomic mass is 16.7. The monoisotopic (exact) mass is 384 g/mol. The Labute approximate surface area is 163 Å². The van der Waals surface area contributed by atoms with E-state index >= 15 is 0 Å². The lowest BCUT2D eigenvalue weighted by Gasteiger charge is -2.25. The molecule has 6 N–H and O–H groups in total. The normalized spacial score (nSPS) is 12.5. The Morgan fingerprint density at radius 1 is 1.04 bits per heavy atom. The number of benzene rings is 2. The summed E-state index contributed by atoms with van der Waals surface area (Å²) in [7, 11) is 0. The minimum Gasteiger partial charge on any atom is -0.368 e. The highest BCUT2D eigenvalue weighted by Gasteiger charge is 2.22. The zero-order chi connectivity index (χ0) is 20.4. The molecule has 2 aromatic rings. The van der Waals surface area contributed by atoms with E-state index in [0.717, 1.165) is 11.1 Å². The van der Waals surface area contributed by atoms with Gasteiger partial charge in [0.25, 0.3) is 5.96 Å². The second kappa shape index (κ2) is 10.6. The molecule has 9 heteroatoms. The summed E-state index contributed by atoms with van der Waals surface area (Å²) in [5.41, 5.74) is 13.0. The molecule has 2 rings (SSSR count). The highest BCUT2D eigenvalue weighted by molar-refractivity contribution is 5.80. The Kier molecular flexibility index (Phi) is 7.92. The maximum absolute atomic E-state index is 12.0. The molecule has 0 bridgehead atoms. The third-order valence-electron chi connectivity index (χ3n) is 4.14. The van der Waals surface area contributed by atoms with E-state index in [9.17, 15) is 14.9 Å². The van der Waals surface area contributed by atoms with E-state index in [0.29, 0.717) is 19.4 Å². The summed E-state index contributed by atoms with van der Waals surface area (Å²) in [4.78, 5) is 22.2. The van der Waals surface area contributed by atoms with Crippen molar-refractivity contribution in [1.29, 1.82) is 0 Å². The predicted octanol–water partition coefficient (Wildman–Crippen LogP) is 1.10. The van der Waals surface area contributed by atoms with Gasteiger partial charge in [0.05, 0.1) is 12.1 Å². The topological polar surface area (TPSA) is 149 Å². The quantitative estimate of drug-likeness (QED) is 0.158. The molecule has 0 saturated carbocycles. The second-order valence-electron chi connectivity index (χ2n) is 6.17. The maximum Gasteiger partial charge on any atom is 0.266 e. The van der Waals surface area contributed by atoms with Gasteiger partial charge in [0.2, 0.25) is 5.91 Å². The predicted molar refractivity (Wildman–Crippen MR) is 107 cm³/mol. The van der Waals surface area contributed by atoms with E-state index < -0.39 is 17.0 Å². The fourth-order valence-corrected chi connectivity index (χ4v) is 2.83. The van der Waals surface area contributed by atoms with Crippen molar-refractivity contribution in [2.75, 3.05) is 6.54 Å². The summed E-state index contributed by atoms with van der Waals surface area (Å²) in [6, 6.07) is 18.8. The molecule has 0 unspecified atom stereocenters. The lowest BCUT2D eigenvalue weighted by atomic mass is 9.97. The summed E-state index contributed by atoms with van der Waals surface area (Å²) in [5.74, 6) is -0.746. The van der Waals surface area contributed by atoms with E-state index in [1.165, 1.54) is 0 Å². The first-order valence-electron chi connectivity index (χ1n) is 8.85. The van der Waals surface area contributed by atoms with Crippen molar-refractivity contribution < 1.29 is 9.83 Å². The molecule has 1 atom stereocenters. The van der Waals surface area contributed by atoms with Gasteiger partial charge in [-0.3, -0.25) is 10.1 Å². The Balaban J connectivity index is 2.05. The van der Waals surface area contributed by atoms with E-state index in [1.54, 1.807) is 0 Å². The average molecular weight is 384 g/mol. The van der Waals surface area contributed by atoms with Crippen molar-refractivity contribution >= 4 is 11.9 Å². The van der Waals surface area contributed by atoms with Crippen molar-refractivity contribution in [3.05, 3.63) is 81.9 Å². The Morgan fingerprint density at radius 3 is 2.04 bits per heavy atom. The summed E-state index contributed by atoms with van der Waals surface area (Å²) < 4.78 is 0. The number of primary amides is 1. The molecule has 0 radical (unpaired) electrons. The lowest BCUT2D eigenvalue weighted by Crippen LogP contribution is -2.44. The molecule has 28 heavy (non-hydrogen) atoms. The SMILES string of the molecule is NC(=O)[C@H](CCCNC(N)=N[N+](=O)[O-])NC(c1ccccc1)c1ccccc1. The lowest BCUT2D eigenvalue weighted by molar-refractivity contribution is -0.485. The summed E-state index contributed by atoms with van der Waals surface area (Å²) in [5, 5.41) is 18.3. The van der Waals surface area contributed by atoms with Crippen LogP contribution < -0.4 is 22.1 Å². The number of hydrogen-bond acceptors (Lipinski definition) is 4. The van der Waals surface area contributed by atoms with Gasteiger partial charge in [0, 0.05) is 6.54 Å². The van der Waals surface area contributed by atoms with Gasteiger partial charge in [-0.25, -0.2) is 10.1 Å². The Hall–Kier alpha value is -3.46. The number of nitrogens with one attached hydrogen (secondary N) is 2. The standard InChI is InChI=1S/C19H24N6O3/c20-18(26)16(12-7-13-22-19(21)24-25(27)28)23-17(14-8-3-1-4-9-14)15-10-5-2-6-11-15/h1-6,8-11,16-17,23H,7,12-13H2,(H2,20,26)(H3,21,22,24)/t16-/m0/s1. The second-order valence-corrected chi connectivity index (χ2v) is 6.17. The average Bonchev–Trinajstić information content (AvgIpc) is 2.68. The summed E-state index contributed by atoms with van der Waals surface area (Å²) in [6.07, 6.45) is 0.953. The van der Waals surface area contributed by atoms with Crippen molar-refractivity contribution in [3.8, 4) is 0 Å². The van der Waals surface area contributed by atoms with Gasteiger partial charge in [-0.2, -0.15) is 0 Å². The molecule has 0 aromatic heterocycles. The maximum atomic E-state index is 12.0. The zero-order valence-corrected chi connectivity index (χ0v) is 15.3. The van der Waals surface area contributed by atoms with Crippen LogP contribution in [-0.2, 0) is 4.79 Å². The van der Waals surface area contributed by atoms with Crippen LogP contribution in [0.2, 0.25) is 0 Å². The van der Waals surface area contributed by atoms with Crippen LogP contribution >= 0.6 is 0 Å². The minimum atomic E-state index is -0.875. The Morgan fingerprint density at radius 2 is 1.57 bits per heavy atom. The van der Waals surface area contributed by atoms with Crippen molar-refractivity contribution in [3.63, 3.8) is 0 Å². The van der Waals surface area contributed by atoms with Gasteiger partial charge in [-0.1, -0.05) is 60.7 Å². The molecule has 148 valence electrons. The summed E-state index contributed by atoms with van der Waals surface area (Å²) in [6.45, 7) is 0.329. The van der Waals surface area contributed by atoms with Crippen LogP contribution in [0.3, 0.4) is 0 Å². The molecule has 0 aliphatic heterocycles. The zero-order valence-electron chi connectivity index (χ0n) is 15.3. The van der Waals surface area contributed by atoms with Crippen molar-refractivity contribution in [2.45, 2.75) is 24.9 Å². The van der Waals surface area contributed by atoms with E-state index in [2.05, 4.69) is 15.7 Å². The molecule has 2 aromatic carbocycles. The van der Waals surface area contributed by atoms with E-state index in [1.807, 2.05) is 60.7 Å². The summed E-state index contributed by atoms with van der Waals surface area (Å²) >= 11 is 0. The first kappa shape index (κ1) is 20.8. The van der Waals surface area contributed by atoms with Gasteiger partial charge < -0.3 is 16.8 Å². The van der Waals surface area contributed by atoms with Crippen LogP contribution in [0.5, 0.6) is 0 Å². The van der Waals surface area contributed by atoms with Crippen LogP contribution in [0.25, 0.3) is 0 Å². The van der Waals surface area contributed by atoms with Gasteiger partial charge in [-0.15, -0.1) is 0 Å². The number of hydrazone groups is 1. The van der Waals surface area contributed by atoms with Gasteiger partial charge >= 0.3 is 0 Å². The number of carbonyl (C=O) groups excluding carboxylic acids is 1.